The Hall–Kier alpha value is -2.67. The molecule has 4 rings (SSSR count). The predicted octanol–water partition coefficient (Wildman–Crippen LogP) is 3.96. The number of carbonyl (C=O) groups is 1. The van der Waals surface area contributed by atoms with Crippen LogP contribution in [0.1, 0.15) is 35.3 Å². The minimum atomic E-state index is -0.134. The van der Waals surface area contributed by atoms with Gasteiger partial charge in [-0.05, 0) is 54.5 Å². The SMILES string of the molecule is CC1CCN(c2ccc(-c3noc(CNC(=O)c4cccs4)n3)cc2)CC1. The topological polar surface area (TPSA) is 71.3 Å². The maximum Gasteiger partial charge on any atom is 0.261 e. The highest BCUT2D eigenvalue weighted by atomic mass is 32.1. The zero-order chi connectivity index (χ0) is 18.6. The molecule has 0 bridgehead atoms. The van der Waals surface area contributed by atoms with Crippen LogP contribution in [-0.4, -0.2) is 29.1 Å². The molecular formula is C20H22N4O2S. The molecule has 0 unspecified atom stereocenters. The Balaban J connectivity index is 1.37. The van der Waals surface area contributed by atoms with Crippen molar-refractivity contribution in [1.29, 1.82) is 0 Å². The molecule has 0 aliphatic carbocycles. The lowest BCUT2D eigenvalue weighted by molar-refractivity contribution is 0.0950. The molecule has 6 nitrogen and oxygen atoms in total. The minimum absolute atomic E-state index is 0.134. The molecule has 0 atom stereocenters. The van der Waals surface area contributed by atoms with Crippen molar-refractivity contribution >= 4 is 22.9 Å². The molecule has 3 heterocycles. The summed E-state index contributed by atoms with van der Waals surface area (Å²) in [5.41, 5.74) is 2.14. The van der Waals surface area contributed by atoms with Gasteiger partial charge in [-0.3, -0.25) is 4.79 Å². The van der Waals surface area contributed by atoms with Crippen LogP contribution < -0.4 is 10.2 Å². The summed E-state index contributed by atoms with van der Waals surface area (Å²) in [5.74, 6) is 1.61. The third-order valence-electron chi connectivity index (χ3n) is 4.89. The standard InChI is InChI=1S/C20H22N4O2S/c1-14-8-10-24(11-9-14)16-6-4-15(5-7-16)19-22-18(26-23-19)13-21-20(25)17-3-2-12-27-17/h2-7,12,14H,8-11,13H2,1H3,(H,21,25). The van der Waals surface area contributed by atoms with Crippen molar-refractivity contribution in [3.05, 3.63) is 52.5 Å². The summed E-state index contributed by atoms with van der Waals surface area (Å²) in [4.78, 5) is 19.4. The summed E-state index contributed by atoms with van der Waals surface area (Å²) in [6, 6.07) is 11.9. The van der Waals surface area contributed by atoms with Gasteiger partial charge in [-0.1, -0.05) is 18.1 Å². The predicted molar refractivity (Wildman–Crippen MR) is 106 cm³/mol. The smallest absolute Gasteiger partial charge is 0.261 e. The van der Waals surface area contributed by atoms with Gasteiger partial charge in [-0.25, -0.2) is 0 Å². The zero-order valence-electron chi connectivity index (χ0n) is 15.2. The van der Waals surface area contributed by atoms with E-state index in [-0.39, 0.29) is 12.5 Å². The lowest BCUT2D eigenvalue weighted by atomic mass is 9.98. The molecule has 1 aliphatic heterocycles. The highest BCUT2D eigenvalue weighted by Gasteiger charge is 2.16. The summed E-state index contributed by atoms with van der Waals surface area (Å²) in [6.45, 7) is 4.75. The molecule has 0 spiro atoms. The summed E-state index contributed by atoms with van der Waals surface area (Å²) < 4.78 is 5.26. The van der Waals surface area contributed by atoms with Gasteiger partial charge in [0.15, 0.2) is 0 Å². The number of nitrogens with one attached hydrogen (secondary N) is 1. The van der Waals surface area contributed by atoms with E-state index in [1.54, 1.807) is 6.07 Å². The Morgan fingerprint density at radius 1 is 1.26 bits per heavy atom. The van der Waals surface area contributed by atoms with Crippen LogP contribution in [0.15, 0.2) is 46.3 Å². The van der Waals surface area contributed by atoms with E-state index in [2.05, 4.69) is 39.4 Å². The number of rotatable bonds is 5. The van der Waals surface area contributed by atoms with Gasteiger partial charge in [-0.15, -0.1) is 11.3 Å². The summed E-state index contributed by atoms with van der Waals surface area (Å²) >= 11 is 1.40. The van der Waals surface area contributed by atoms with Crippen LogP contribution in [-0.2, 0) is 6.54 Å². The number of piperidine rings is 1. The normalized spacial score (nSPS) is 15.1. The molecule has 1 N–H and O–H groups in total. The van der Waals surface area contributed by atoms with Crippen LogP contribution in [0.4, 0.5) is 5.69 Å². The van der Waals surface area contributed by atoms with Crippen LogP contribution >= 0.6 is 11.3 Å². The van der Waals surface area contributed by atoms with Gasteiger partial charge in [0.05, 0.1) is 11.4 Å². The van der Waals surface area contributed by atoms with Crippen molar-refractivity contribution in [2.75, 3.05) is 18.0 Å². The van der Waals surface area contributed by atoms with Gasteiger partial charge in [0.1, 0.15) is 0 Å². The molecule has 2 aromatic heterocycles. The fourth-order valence-corrected chi connectivity index (χ4v) is 3.82. The molecule has 1 saturated heterocycles. The summed E-state index contributed by atoms with van der Waals surface area (Å²) in [7, 11) is 0. The average molecular weight is 382 g/mol. The van der Waals surface area contributed by atoms with Gasteiger partial charge in [-0.2, -0.15) is 4.98 Å². The van der Waals surface area contributed by atoms with E-state index in [4.69, 9.17) is 4.52 Å². The highest BCUT2D eigenvalue weighted by Crippen LogP contribution is 2.25. The lowest BCUT2D eigenvalue weighted by Gasteiger charge is -2.32. The van der Waals surface area contributed by atoms with Gasteiger partial charge >= 0.3 is 0 Å². The molecule has 1 fully saturated rings. The van der Waals surface area contributed by atoms with Crippen molar-refractivity contribution in [1.82, 2.24) is 15.5 Å². The first-order valence-corrected chi connectivity index (χ1v) is 10.1. The number of thiophene rings is 1. The first kappa shape index (κ1) is 17.7. The number of hydrogen-bond acceptors (Lipinski definition) is 6. The van der Waals surface area contributed by atoms with Gasteiger partial charge in [0.25, 0.3) is 5.91 Å². The quantitative estimate of drug-likeness (QED) is 0.723. The van der Waals surface area contributed by atoms with Crippen LogP contribution in [0.25, 0.3) is 11.4 Å². The van der Waals surface area contributed by atoms with Gasteiger partial charge in [0.2, 0.25) is 11.7 Å². The fraction of sp³-hybridized carbons (Fsp3) is 0.350. The number of carbonyl (C=O) groups excluding carboxylic acids is 1. The van der Waals surface area contributed by atoms with E-state index >= 15 is 0 Å². The van der Waals surface area contributed by atoms with Crippen molar-refractivity contribution < 1.29 is 9.32 Å². The number of nitrogens with zero attached hydrogens (tertiary/aromatic N) is 3. The van der Waals surface area contributed by atoms with Crippen molar-refractivity contribution in [3.63, 3.8) is 0 Å². The van der Waals surface area contributed by atoms with Crippen LogP contribution in [0.2, 0.25) is 0 Å². The number of anilines is 1. The lowest BCUT2D eigenvalue weighted by Crippen LogP contribution is -2.32. The van der Waals surface area contributed by atoms with E-state index in [1.807, 2.05) is 23.6 Å². The number of aromatic nitrogens is 2. The van der Waals surface area contributed by atoms with E-state index in [1.165, 1.54) is 29.9 Å². The van der Waals surface area contributed by atoms with Crippen LogP contribution in [0.3, 0.4) is 0 Å². The zero-order valence-corrected chi connectivity index (χ0v) is 16.0. The number of amides is 1. The summed E-state index contributed by atoms with van der Waals surface area (Å²) in [6.07, 6.45) is 2.49. The Morgan fingerprint density at radius 3 is 2.74 bits per heavy atom. The second-order valence-corrected chi connectivity index (χ2v) is 7.84. The molecule has 1 aliphatic rings. The molecule has 0 radical (unpaired) electrons. The van der Waals surface area contributed by atoms with Crippen LogP contribution in [0, 0.1) is 5.92 Å². The Bertz CT molecular complexity index is 881. The average Bonchev–Trinajstić information content (AvgIpc) is 3.39. The Labute approximate surface area is 162 Å². The van der Waals surface area contributed by atoms with Gasteiger partial charge < -0.3 is 14.7 Å². The van der Waals surface area contributed by atoms with Crippen molar-refractivity contribution in [3.8, 4) is 11.4 Å². The number of hydrogen-bond donors (Lipinski definition) is 1. The molecule has 140 valence electrons. The maximum atomic E-state index is 12.0. The van der Waals surface area contributed by atoms with Crippen LogP contribution in [0.5, 0.6) is 0 Å². The molecule has 1 amide bonds. The third-order valence-corrected chi connectivity index (χ3v) is 5.76. The van der Waals surface area contributed by atoms with E-state index < -0.39 is 0 Å². The van der Waals surface area contributed by atoms with Gasteiger partial charge in [0, 0.05) is 24.3 Å². The minimum Gasteiger partial charge on any atom is -0.372 e. The molecular weight excluding hydrogens is 360 g/mol. The largest absolute Gasteiger partial charge is 0.372 e. The highest BCUT2D eigenvalue weighted by molar-refractivity contribution is 7.12. The number of benzene rings is 1. The van der Waals surface area contributed by atoms with Crippen molar-refractivity contribution in [2.45, 2.75) is 26.3 Å². The first-order valence-electron chi connectivity index (χ1n) is 9.19. The Morgan fingerprint density at radius 2 is 2.04 bits per heavy atom. The van der Waals surface area contributed by atoms with E-state index in [9.17, 15) is 4.79 Å². The van der Waals surface area contributed by atoms with Crippen molar-refractivity contribution in [2.24, 2.45) is 5.92 Å². The van der Waals surface area contributed by atoms with E-state index in [0.29, 0.717) is 16.6 Å². The third kappa shape index (κ3) is 4.19. The Kier molecular flexibility index (Phi) is 5.20. The first-order chi connectivity index (χ1) is 13.2. The molecule has 0 saturated carbocycles. The fourth-order valence-electron chi connectivity index (χ4n) is 3.18. The molecule has 7 heteroatoms. The summed E-state index contributed by atoms with van der Waals surface area (Å²) in [5, 5.41) is 8.69. The second kappa shape index (κ2) is 7.92. The second-order valence-electron chi connectivity index (χ2n) is 6.89. The molecule has 3 aromatic rings. The van der Waals surface area contributed by atoms with E-state index in [0.717, 1.165) is 24.6 Å². The monoisotopic (exact) mass is 382 g/mol. The molecule has 27 heavy (non-hydrogen) atoms. The maximum absolute atomic E-state index is 12.0. The molecule has 1 aromatic carbocycles.